The number of likely N-dealkylation sites (tertiary alicyclic amines) is 1. The lowest BCUT2D eigenvalue weighted by atomic mass is 10.2. The van der Waals surface area contributed by atoms with E-state index in [1.54, 1.807) is 17.3 Å². The van der Waals surface area contributed by atoms with E-state index in [2.05, 4.69) is 4.98 Å². The van der Waals surface area contributed by atoms with Crippen LogP contribution in [0.3, 0.4) is 0 Å². The number of nitrogens with zero attached hydrogens (tertiary/aromatic N) is 2. The summed E-state index contributed by atoms with van der Waals surface area (Å²) in [4.78, 5) is 17.8. The molecule has 1 amide bonds. The van der Waals surface area contributed by atoms with Gasteiger partial charge in [0, 0.05) is 31.5 Å². The lowest BCUT2D eigenvalue weighted by molar-refractivity contribution is 0.0790. The normalized spacial score (nSPS) is 20.7. The fraction of sp³-hybridized carbons (Fsp3) is 0.455. The monoisotopic (exact) mass is 205 g/mol. The van der Waals surface area contributed by atoms with Crippen LogP contribution in [-0.4, -0.2) is 34.9 Å². The highest BCUT2D eigenvalue weighted by atomic mass is 16.2. The molecule has 1 aromatic rings. The van der Waals surface area contributed by atoms with Gasteiger partial charge in [0.15, 0.2) is 0 Å². The molecule has 0 unspecified atom stereocenters. The summed E-state index contributed by atoms with van der Waals surface area (Å²) >= 11 is 0. The number of carbonyl (C=O) groups is 1. The molecule has 0 saturated carbocycles. The average molecular weight is 205 g/mol. The summed E-state index contributed by atoms with van der Waals surface area (Å²) in [6.07, 6.45) is 4.25. The summed E-state index contributed by atoms with van der Waals surface area (Å²) in [5.41, 5.74) is 7.42. The fourth-order valence-corrected chi connectivity index (χ4v) is 1.83. The van der Waals surface area contributed by atoms with E-state index in [4.69, 9.17) is 5.73 Å². The number of hydrogen-bond acceptors (Lipinski definition) is 3. The van der Waals surface area contributed by atoms with Gasteiger partial charge in [-0.25, -0.2) is 0 Å². The number of amides is 1. The average Bonchev–Trinajstić information content (AvgIpc) is 2.64. The highest BCUT2D eigenvalue weighted by molar-refractivity contribution is 5.94. The zero-order valence-electron chi connectivity index (χ0n) is 8.81. The standard InChI is InChI=1S/C11H15N3O/c1-8-4-9(6-13-5-8)11(15)14-3-2-10(12)7-14/h4-6,10H,2-3,7,12H2,1H3/t10-/m0/s1. The lowest BCUT2D eigenvalue weighted by Crippen LogP contribution is -2.31. The third-order valence-electron chi connectivity index (χ3n) is 2.63. The molecule has 0 radical (unpaired) electrons. The highest BCUT2D eigenvalue weighted by Gasteiger charge is 2.24. The Morgan fingerprint density at radius 3 is 3.00 bits per heavy atom. The first-order chi connectivity index (χ1) is 7.16. The topological polar surface area (TPSA) is 59.2 Å². The maximum atomic E-state index is 12.0. The molecule has 2 heterocycles. The zero-order chi connectivity index (χ0) is 10.8. The molecular formula is C11H15N3O. The van der Waals surface area contributed by atoms with Gasteiger partial charge in [0.1, 0.15) is 0 Å². The molecule has 0 spiro atoms. The quantitative estimate of drug-likeness (QED) is 0.729. The third-order valence-corrected chi connectivity index (χ3v) is 2.63. The van der Waals surface area contributed by atoms with Gasteiger partial charge >= 0.3 is 0 Å². The van der Waals surface area contributed by atoms with E-state index in [0.29, 0.717) is 12.1 Å². The van der Waals surface area contributed by atoms with Crippen LogP contribution in [0.15, 0.2) is 18.5 Å². The fourth-order valence-electron chi connectivity index (χ4n) is 1.83. The number of aromatic nitrogens is 1. The molecule has 80 valence electrons. The first kappa shape index (κ1) is 10.1. The Morgan fingerprint density at radius 2 is 2.40 bits per heavy atom. The van der Waals surface area contributed by atoms with E-state index >= 15 is 0 Å². The van der Waals surface area contributed by atoms with Gasteiger partial charge in [-0.1, -0.05) is 0 Å². The largest absolute Gasteiger partial charge is 0.337 e. The molecule has 1 atom stereocenters. The second-order valence-electron chi connectivity index (χ2n) is 4.05. The second-order valence-corrected chi connectivity index (χ2v) is 4.05. The van der Waals surface area contributed by atoms with Crippen molar-refractivity contribution < 1.29 is 4.79 Å². The van der Waals surface area contributed by atoms with Crippen molar-refractivity contribution >= 4 is 5.91 Å². The molecule has 0 bridgehead atoms. The Balaban J connectivity index is 2.14. The SMILES string of the molecule is Cc1cncc(C(=O)N2CC[C@H](N)C2)c1. The molecule has 0 aliphatic carbocycles. The molecule has 0 aromatic carbocycles. The maximum Gasteiger partial charge on any atom is 0.255 e. The Labute approximate surface area is 89.1 Å². The van der Waals surface area contributed by atoms with Gasteiger partial charge in [-0.3, -0.25) is 9.78 Å². The van der Waals surface area contributed by atoms with E-state index in [1.165, 1.54) is 0 Å². The van der Waals surface area contributed by atoms with Gasteiger partial charge in [-0.05, 0) is 25.0 Å². The summed E-state index contributed by atoms with van der Waals surface area (Å²) in [5.74, 6) is 0.0409. The van der Waals surface area contributed by atoms with Crippen LogP contribution in [0.5, 0.6) is 0 Å². The highest BCUT2D eigenvalue weighted by Crippen LogP contribution is 2.12. The zero-order valence-corrected chi connectivity index (χ0v) is 8.81. The Morgan fingerprint density at radius 1 is 1.60 bits per heavy atom. The van der Waals surface area contributed by atoms with Crippen molar-refractivity contribution in [2.45, 2.75) is 19.4 Å². The molecule has 2 rings (SSSR count). The van der Waals surface area contributed by atoms with Crippen LogP contribution < -0.4 is 5.73 Å². The molecule has 1 aliphatic rings. The first-order valence-corrected chi connectivity index (χ1v) is 5.13. The van der Waals surface area contributed by atoms with Gasteiger partial charge in [-0.15, -0.1) is 0 Å². The molecule has 15 heavy (non-hydrogen) atoms. The number of pyridine rings is 1. The van der Waals surface area contributed by atoms with Gasteiger partial charge in [0.25, 0.3) is 5.91 Å². The lowest BCUT2D eigenvalue weighted by Gasteiger charge is -2.15. The summed E-state index contributed by atoms with van der Waals surface area (Å²) in [5, 5.41) is 0. The Bertz CT molecular complexity index is 378. The maximum absolute atomic E-state index is 12.0. The molecular weight excluding hydrogens is 190 g/mol. The number of aryl methyl sites for hydroxylation is 1. The van der Waals surface area contributed by atoms with Crippen LogP contribution in [0.1, 0.15) is 22.3 Å². The van der Waals surface area contributed by atoms with E-state index in [9.17, 15) is 4.79 Å². The first-order valence-electron chi connectivity index (χ1n) is 5.13. The second kappa shape index (κ2) is 3.98. The van der Waals surface area contributed by atoms with Crippen LogP contribution in [0.25, 0.3) is 0 Å². The summed E-state index contributed by atoms with van der Waals surface area (Å²) in [6.45, 7) is 3.35. The van der Waals surface area contributed by atoms with Crippen molar-refractivity contribution in [3.05, 3.63) is 29.6 Å². The molecule has 4 nitrogen and oxygen atoms in total. The van der Waals surface area contributed by atoms with Crippen molar-refractivity contribution in [3.63, 3.8) is 0 Å². The van der Waals surface area contributed by atoms with Crippen molar-refractivity contribution in [1.29, 1.82) is 0 Å². The molecule has 1 aliphatic heterocycles. The summed E-state index contributed by atoms with van der Waals surface area (Å²) < 4.78 is 0. The predicted octanol–water partition coefficient (Wildman–Crippen LogP) is 0.563. The van der Waals surface area contributed by atoms with Gasteiger partial charge < -0.3 is 10.6 Å². The number of rotatable bonds is 1. The third kappa shape index (κ3) is 2.15. The van der Waals surface area contributed by atoms with Crippen molar-refractivity contribution in [1.82, 2.24) is 9.88 Å². The van der Waals surface area contributed by atoms with Gasteiger partial charge in [0.05, 0.1) is 5.56 Å². The smallest absolute Gasteiger partial charge is 0.255 e. The van der Waals surface area contributed by atoms with Crippen LogP contribution in [-0.2, 0) is 0 Å². The van der Waals surface area contributed by atoms with Crippen molar-refractivity contribution in [2.24, 2.45) is 5.73 Å². The Kier molecular flexibility index (Phi) is 2.68. The molecule has 4 heteroatoms. The van der Waals surface area contributed by atoms with Crippen LogP contribution >= 0.6 is 0 Å². The van der Waals surface area contributed by atoms with Crippen LogP contribution in [0, 0.1) is 6.92 Å². The molecule has 1 fully saturated rings. The number of carbonyl (C=O) groups excluding carboxylic acids is 1. The van der Waals surface area contributed by atoms with Gasteiger partial charge in [0.2, 0.25) is 0 Å². The van der Waals surface area contributed by atoms with Gasteiger partial charge in [-0.2, -0.15) is 0 Å². The summed E-state index contributed by atoms with van der Waals surface area (Å²) in [7, 11) is 0. The van der Waals surface area contributed by atoms with Crippen molar-refractivity contribution in [3.8, 4) is 0 Å². The molecule has 1 aromatic heterocycles. The van der Waals surface area contributed by atoms with E-state index in [0.717, 1.165) is 18.5 Å². The minimum Gasteiger partial charge on any atom is -0.337 e. The van der Waals surface area contributed by atoms with E-state index in [1.807, 2.05) is 13.0 Å². The van der Waals surface area contributed by atoms with E-state index < -0.39 is 0 Å². The van der Waals surface area contributed by atoms with Crippen LogP contribution in [0.4, 0.5) is 0 Å². The van der Waals surface area contributed by atoms with Crippen molar-refractivity contribution in [2.75, 3.05) is 13.1 Å². The predicted molar refractivity (Wildman–Crippen MR) is 57.5 cm³/mol. The van der Waals surface area contributed by atoms with Crippen LogP contribution in [0.2, 0.25) is 0 Å². The molecule has 1 saturated heterocycles. The minimum atomic E-state index is 0.0409. The number of nitrogens with two attached hydrogens (primary N) is 1. The Hall–Kier alpha value is -1.42. The van der Waals surface area contributed by atoms with E-state index in [-0.39, 0.29) is 11.9 Å². The summed E-state index contributed by atoms with van der Waals surface area (Å²) in [6, 6.07) is 1.99. The minimum absolute atomic E-state index is 0.0409. The molecule has 2 N–H and O–H groups in total. The number of hydrogen-bond donors (Lipinski definition) is 1.